The van der Waals surface area contributed by atoms with Crippen molar-refractivity contribution in [1.29, 1.82) is 0 Å². The molecule has 3 heteroatoms. The van der Waals surface area contributed by atoms with E-state index in [0.29, 0.717) is 6.54 Å². The second-order valence-corrected chi connectivity index (χ2v) is 4.69. The number of nitrogens with zero attached hydrogens (tertiary/aromatic N) is 1. The monoisotopic (exact) mass is 200 g/mol. The van der Waals surface area contributed by atoms with Crippen molar-refractivity contribution < 1.29 is 4.39 Å². The number of halogens is 1. The molecule has 2 nitrogen and oxygen atoms in total. The number of hydrogen-bond donors (Lipinski definition) is 1. The van der Waals surface area contributed by atoms with Gasteiger partial charge in [-0.2, -0.15) is 0 Å². The van der Waals surface area contributed by atoms with Crippen LogP contribution in [0, 0.1) is 5.92 Å². The SMILES string of the molecule is FC1CCCN(CC[C@H]2CCNC2)C1. The zero-order chi connectivity index (χ0) is 9.80. The fraction of sp³-hybridized carbons (Fsp3) is 1.00. The molecule has 1 unspecified atom stereocenters. The number of rotatable bonds is 3. The van der Waals surface area contributed by atoms with Crippen LogP contribution in [0.4, 0.5) is 4.39 Å². The van der Waals surface area contributed by atoms with Gasteiger partial charge in [-0.3, -0.25) is 0 Å². The molecule has 2 atom stereocenters. The highest BCUT2D eigenvalue weighted by molar-refractivity contribution is 4.76. The molecule has 1 N–H and O–H groups in total. The Hall–Kier alpha value is -0.150. The maximum Gasteiger partial charge on any atom is 0.113 e. The van der Waals surface area contributed by atoms with Gasteiger partial charge in [0.25, 0.3) is 0 Å². The van der Waals surface area contributed by atoms with Crippen molar-refractivity contribution in [2.75, 3.05) is 32.7 Å². The third-order valence-corrected chi connectivity index (χ3v) is 3.46. The third kappa shape index (κ3) is 2.92. The molecule has 0 aromatic rings. The number of likely N-dealkylation sites (tertiary alicyclic amines) is 1. The first-order chi connectivity index (χ1) is 6.84. The van der Waals surface area contributed by atoms with E-state index < -0.39 is 6.17 Å². The van der Waals surface area contributed by atoms with Crippen LogP contribution >= 0.6 is 0 Å². The van der Waals surface area contributed by atoms with Crippen LogP contribution in [-0.2, 0) is 0 Å². The van der Waals surface area contributed by atoms with Crippen LogP contribution in [0.5, 0.6) is 0 Å². The standard InChI is InChI=1S/C11H21FN2/c12-11-2-1-6-14(9-11)7-4-10-3-5-13-8-10/h10-11,13H,1-9H2/t10-,11?/m1/s1. The van der Waals surface area contributed by atoms with Crippen molar-refractivity contribution in [1.82, 2.24) is 10.2 Å². The largest absolute Gasteiger partial charge is 0.316 e. The van der Waals surface area contributed by atoms with Crippen LogP contribution in [0.15, 0.2) is 0 Å². The normalized spacial score (nSPS) is 34.9. The van der Waals surface area contributed by atoms with Gasteiger partial charge in [0.1, 0.15) is 6.17 Å². The van der Waals surface area contributed by atoms with Gasteiger partial charge in [0.15, 0.2) is 0 Å². The summed E-state index contributed by atoms with van der Waals surface area (Å²) in [5, 5.41) is 3.38. The Morgan fingerprint density at radius 2 is 2.29 bits per heavy atom. The van der Waals surface area contributed by atoms with Gasteiger partial charge in [0.05, 0.1) is 0 Å². The number of hydrogen-bond acceptors (Lipinski definition) is 2. The summed E-state index contributed by atoms with van der Waals surface area (Å²) >= 11 is 0. The first-order valence-electron chi connectivity index (χ1n) is 5.92. The van der Waals surface area contributed by atoms with E-state index in [1.165, 1.54) is 25.9 Å². The number of piperidine rings is 1. The maximum absolute atomic E-state index is 13.1. The summed E-state index contributed by atoms with van der Waals surface area (Å²) in [4.78, 5) is 2.30. The summed E-state index contributed by atoms with van der Waals surface area (Å²) < 4.78 is 13.1. The smallest absolute Gasteiger partial charge is 0.113 e. The molecule has 82 valence electrons. The van der Waals surface area contributed by atoms with Crippen molar-refractivity contribution in [2.24, 2.45) is 5.92 Å². The maximum atomic E-state index is 13.1. The Morgan fingerprint density at radius 1 is 1.36 bits per heavy atom. The minimum Gasteiger partial charge on any atom is -0.316 e. The van der Waals surface area contributed by atoms with Gasteiger partial charge in [0, 0.05) is 6.54 Å². The molecular weight excluding hydrogens is 179 g/mol. The van der Waals surface area contributed by atoms with Crippen LogP contribution in [0.25, 0.3) is 0 Å². The molecule has 0 saturated carbocycles. The molecule has 0 radical (unpaired) electrons. The third-order valence-electron chi connectivity index (χ3n) is 3.46. The van der Waals surface area contributed by atoms with Crippen molar-refractivity contribution in [3.63, 3.8) is 0 Å². The summed E-state index contributed by atoms with van der Waals surface area (Å²) in [6.45, 7) is 5.25. The lowest BCUT2D eigenvalue weighted by atomic mass is 10.0. The highest BCUT2D eigenvalue weighted by atomic mass is 19.1. The molecule has 2 heterocycles. The molecule has 2 rings (SSSR count). The van der Waals surface area contributed by atoms with Gasteiger partial charge in [-0.15, -0.1) is 0 Å². The lowest BCUT2D eigenvalue weighted by molar-refractivity contribution is 0.133. The number of nitrogens with one attached hydrogen (secondary N) is 1. The minimum atomic E-state index is -0.564. The topological polar surface area (TPSA) is 15.3 Å². The molecule has 2 aliphatic rings. The molecule has 14 heavy (non-hydrogen) atoms. The van der Waals surface area contributed by atoms with Gasteiger partial charge in [-0.25, -0.2) is 4.39 Å². The van der Waals surface area contributed by atoms with E-state index >= 15 is 0 Å². The predicted octanol–water partition coefficient (Wildman–Crippen LogP) is 1.42. The van der Waals surface area contributed by atoms with Gasteiger partial charge in [-0.05, 0) is 57.8 Å². The molecule has 2 saturated heterocycles. The summed E-state index contributed by atoms with van der Waals surface area (Å²) in [5.41, 5.74) is 0. The highest BCUT2D eigenvalue weighted by Gasteiger charge is 2.20. The molecule has 0 aliphatic carbocycles. The van der Waals surface area contributed by atoms with Crippen LogP contribution in [0.2, 0.25) is 0 Å². The molecule has 2 fully saturated rings. The molecule has 0 bridgehead atoms. The van der Waals surface area contributed by atoms with Gasteiger partial charge in [-0.1, -0.05) is 0 Å². The zero-order valence-electron chi connectivity index (χ0n) is 8.84. The van der Waals surface area contributed by atoms with Crippen LogP contribution < -0.4 is 5.32 Å². The Balaban J connectivity index is 1.64. The van der Waals surface area contributed by atoms with E-state index in [-0.39, 0.29) is 0 Å². The second-order valence-electron chi connectivity index (χ2n) is 4.69. The Bertz CT molecular complexity index is 169. The average Bonchev–Trinajstić information content (AvgIpc) is 2.67. The summed E-state index contributed by atoms with van der Waals surface area (Å²) in [6.07, 6.45) is 3.82. The second kappa shape index (κ2) is 5.08. The van der Waals surface area contributed by atoms with Crippen molar-refractivity contribution in [3.05, 3.63) is 0 Å². The van der Waals surface area contributed by atoms with Gasteiger partial charge < -0.3 is 10.2 Å². The molecule has 0 spiro atoms. The van der Waals surface area contributed by atoms with E-state index in [4.69, 9.17) is 0 Å². The first-order valence-corrected chi connectivity index (χ1v) is 5.92. The molecule has 0 aromatic carbocycles. The molecule has 0 amide bonds. The number of alkyl halides is 1. The fourth-order valence-corrected chi connectivity index (χ4v) is 2.53. The zero-order valence-corrected chi connectivity index (χ0v) is 8.84. The van der Waals surface area contributed by atoms with E-state index in [1.54, 1.807) is 0 Å². The molecule has 2 aliphatic heterocycles. The quantitative estimate of drug-likeness (QED) is 0.741. The fourth-order valence-electron chi connectivity index (χ4n) is 2.53. The summed E-state index contributed by atoms with van der Waals surface area (Å²) in [6, 6.07) is 0. The van der Waals surface area contributed by atoms with Crippen LogP contribution in [0.3, 0.4) is 0 Å². The van der Waals surface area contributed by atoms with Crippen molar-refractivity contribution in [3.8, 4) is 0 Å². The van der Waals surface area contributed by atoms with E-state index in [1.807, 2.05) is 0 Å². The lowest BCUT2D eigenvalue weighted by Crippen LogP contribution is -2.37. The average molecular weight is 200 g/mol. The Kier molecular flexibility index (Phi) is 3.76. The molecule has 0 aromatic heterocycles. The molecular formula is C11H21FN2. The Morgan fingerprint density at radius 3 is 3.00 bits per heavy atom. The summed E-state index contributed by atoms with van der Waals surface area (Å²) in [5.74, 6) is 0.843. The lowest BCUT2D eigenvalue weighted by Gasteiger charge is -2.29. The van der Waals surface area contributed by atoms with Gasteiger partial charge in [0.2, 0.25) is 0 Å². The van der Waals surface area contributed by atoms with Crippen molar-refractivity contribution >= 4 is 0 Å². The highest BCUT2D eigenvalue weighted by Crippen LogP contribution is 2.17. The summed E-state index contributed by atoms with van der Waals surface area (Å²) in [7, 11) is 0. The van der Waals surface area contributed by atoms with Gasteiger partial charge >= 0.3 is 0 Å². The minimum absolute atomic E-state index is 0.564. The van der Waals surface area contributed by atoms with E-state index in [2.05, 4.69) is 10.2 Å². The predicted molar refractivity (Wildman–Crippen MR) is 56.2 cm³/mol. The Labute approximate surface area is 85.9 Å². The van der Waals surface area contributed by atoms with Crippen molar-refractivity contribution in [2.45, 2.75) is 31.9 Å². The first kappa shape index (κ1) is 10.4. The van der Waals surface area contributed by atoms with E-state index in [0.717, 1.165) is 31.8 Å². The van der Waals surface area contributed by atoms with Crippen LogP contribution in [-0.4, -0.2) is 43.8 Å². The van der Waals surface area contributed by atoms with E-state index in [9.17, 15) is 4.39 Å². The van der Waals surface area contributed by atoms with Crippen LogP contribution in [0.1, 0.15) is 25.7 Å².